The Morgan fingerprint density at radius 3 is 2.58 bits per heavy atom. The molecular weight excluding hydrogens is 320 g/mol. The van der Waals surface area contributed by atoms with Gasteiger partial charge in [0.2, 0.25) is 5.91 Å². The molecule has 0 saturated carbocycles. The molecular formula is C23H28N2O. The predicted octanol–water partition coefficient (Wildman–Crippen LogP) is 4.24. The van der Waals surface area contributed by atoms with Crippen molar-refractivity contribution in [2.45, 2.75) is 38.0 Å². The van der Waals surface area contributed by atoms with Crippen molar-refractivity contribution in [1.29, 1.82) is 0 Å². The SMILES string of the molecule is O=C1CCCCN1c1ccccc1CCN1CCC(c2ccccc2)C1. The number of benzene rings is 2. The summed E-state index contributed by atoms with van der Waals surface area (Å²) in [6.45, 7) is 4.26. The molecule has 0 spiro atoms. The van der Waals surface area contributed by atoms with Crippen molar-refractivity contribution in [1.82, 2.24) is 4.90 Å². The van der Waals surface area contributed by atoms with Gasteiger partial charge in [-0.15, -0.1) is 0 Å². The van der Waals surface area contributed by atoms with Crippen LogP contribution in [0, 0.1) is 0 Å². The Morgan fingerprint density at radius 2 is 1.73 bits per heavy atom. The number of anilines is 1. The average Bonchev–Trinajstić information content (AvgIpc) is 3.17. The van der Waals surface area contributed by atoms with Gasteiger partial charge in [-0.1, -0.05) is 48.5 Å². The topological polar surface area (TPSA) is 23.6 Å². The summed E-state index contributed by atoms with van der Waals surface area (Å²) < 4.78 is 0. The van der Waals surface area contributed by atoms with Crippen molar-refractivity contribution in [3.8, 4) is 0 Å². The van der Waals surface area contributed by atoms with E-state index in [1.807, 2.05) is 4.90 Å². The molecule has 0 aromatic heterocycles. The van der Waals surface area contributed by atoms with E-state index in [1.165, 1.54) is 24.1 Å². The number of piperidine rings is 1. The molecule has 3 heteroatoms. The Balaban J connectivity index is 1.39. The van der Waals surface area contributed by atoms with Gasteiger partial charge < -0.3 is 9.80 Å². The van der Waals surface area contributed by atoms with E-state index in [0.717, 1.165) is 44.6 Å². The quantitative estimate of drug-likeness (QED) is 0.807. The van der Waals surface area contributed by atoms with Gasteiger partial charge >= 0.3 is 0 Å². The lowest BCUT2D eigenvalue weighted by molar-refractivity contribution is -0.119. The number of nitrogens with zero attached hydrogens (tertiary/aromatic N) is 2. The fraction of sp³-hybridized carbons (Fsp3) is 0.435. The average molecular weight is 348 g/mol. The maximum atomic E-state index is 12.3. The Labute approximate surface area is 156 Å². The zero-order valence-corrected chi connectivity index (χ0v) is 15.4. The van der Waals surface area contributed by atoms with Crippen LogP contribution in [-0.4, -0.2) is 37.0 Å². The zero-order valence-electron chi connectivity index (χ0n) is 15.4. The third-order valence-corrected chi connectivity index (χ3v) is 5.85. The van der Waals surface area contributed by atoms with Crippen LogP contribution in [0.3, 0.4) is 0 Å². The van der Waals surface area contributed by atoms with Crippen LogP contribution in [0.15, 0.2) is 54.6 Å². The van der Waals surface area contributed by atoms with Gasteiger partial charge in [-0.25, -0.2) is 0 Å². The number of rotatable bonds is 5. The van der Waals surface area contributed by atoms with Crippen LogP contribution in [0.2, 0.25) is 0 Å². The monoisotopic (exact) mass is 348 g/mol. The lowest BCUT2D eigenvalue weighted by atomic mass is 9.99. The molecule has 0 N–H and O–H groups in total. The van der Waals surface area contributed by atoms with Gasteiger partial charge in [0.1, 0.15) is 0 Å². The highest BCUT2D eigenvalue weighted by molar-refractivity contribution is 5.94. The summed E-state index contributed by atoms with van der Waals surface area (Å²) in [7, 11) is 0. The van der Waals surface area contributed by atoms with E-state index in [0.29, 0.717) is 12.3 Å². The zero-order chi connectivity index (χ0) is 17.8. The lowest BCUT2D eigenvalue weighted by Crippen LogP contribution is -2.36. The highest BCUT2D eigenvalue weighted by Crippen LogP contribution is 2.29. The van der Waals surface area contributed by atoms with E-state index in [4.69, 9.17) is 0 Å². The molecule has 136 valence electrons. The van der Waals surface area contributed by atoms with Crippen LogP contribution < -0.4 is 4.90 Å². The summed E-state index contributed by atoms with van der Waals surface area (Å²) in [5.74, 6) is 0.948. The van der Waals surface area contributed by atoms with Gasteiger partial charge in [0.25, 0.3) is 0 Å². The van der Waals surface area contributed by atoms with Crippen LogP contribution in [0.5, 0.6) is 0 Å². The summed E-state index contributed by atoms with van der Waals surface area (Å²) in [6, 6.07) is 19.4. The molecule has 2 heterocycles. The molecule has 2 fully saturated rings. The molecule has 0 radical (unpaired) electrons. The van der Waals surface area contributed by atoms with E-state index in [2.05, 4.69) is 59.5 Å². The molecule has 2 aromatic rings. The predicted molar refractivity (Wildman–Crippen MR) is 107 cm³/mol. The van der Waals surface area contributed by atoms with Gasteiger partial charge in [-0.3, -0.25) is 4.79 Å². The molecule has 2 aromatic carbocycles. The van der Waals surface area contributed by atoms with E-state index >= 15 is 0 Å². The molecule has 2 aliphatic heterocycles. The Bertz CT molecular complexity index is 743. The molecule has 1 unspecified atom stereocenters. The van der Waals surface area contributed by atoms with Crippen molar-refractivity contribution >= 4 is 11.6 Å². The van der Waals surface area contributed by atoms with Crippen molar-refractivity contribution < 1.29 is 4.79 Å². The Hall–Kier alpha value is -2.13. The van der Waals surface area contributed by atoms with Gasteiger partial charge in [0.05, 0.1) is 0 Å². The number of para-hydroxylation sites is 1. The van der Waals surface area contributed by atoms with Crippen LogP contribution in [0.1, 0.15) is 42.7 Å². The van der Waals surface area contributed by atoms with Crippen LogP contribution >= 0.6 is 0 Å². The minimum atomic E-state index is 0.286. The molecule has 0 aliphatic carbocycles. The van der Waals surface area contributed by atoms with Gasteiger partial charge in [-0.2, -0.15) is 0 Å². The van der Waals surface area contributed by atoms with Crippen molar-refractivity contribution in [2.24, 2.45) is 0 Å². The Morgan fingerprint density at radius 1 is 0.923 bits per heavy atom. The number of hydrogen-bond acceptors (Lipinski definition) is 2. The second kappa shape index (κ2) is 8.05. The van der Waals surface area contributed by atoms with Crippen molar-refractivity contribution in [3.05, 3.63) is 65.7 Å². The number of hydrogen-bond donors (Lipinski definition) is 0. The van der Waals surface area contributed by atoms with Crippen LogP contribution in [-0.2, 0) is 11.2 Å². The molecule has 4 rings (SSSR count). The number of carbonyl (C=O) groups excluding carboxylic acids is 1. The van der Waals surface area contributed by atoms with E-state index in [9.17, 15) is 4.79 Å². The van der Waals surface area contributed by atoms with Gasteiger partial charge in [0.15, 0.2) is 0 Å². The first kappa shape index (κ1) is 17.3. The molecule has 0 bridgehead atoms. The number of carbonyl (C=O) groups is 1. The second-order valence-electron chi connectivity index (χ2n) is 7.58. The summed E-state index contributed by atoms with van der Waals surface area (Å²) in [5, 5.41) is 0. The number of amides is 1. The molecule has 26 heavy (non-hydrogen) atoms. The summed E-state index contributed by atoms with van der Waals surface area (Å²) in [5.41, 5.74) is 3.91. The minimum Gasteiger partial charge on any atom is -0.312 e. The summed E-state index contributed by atoms with van der Waals surface area (Å²) >= 11 is 0. The van der Waals surface area contributed by atoms with Crippen LogP contribution in [0.25, 0.3) is 0 Å². The van der Waals surface area contributed by atoms with Crippen molar-refractivity contribution in [3.63, 3.8) is 0 Å². The maximum absolute atomic E-state index is 12.3. The molecule has 2 aliphatic rings. The smallest absolute Gasteiger partial charge is 0.226 e. The first-order valence-corrected chi connectivity index (χ1v) is 9.97. The lowest BCUT2D eigenvalue weighted by Gasteiger charge is -2.29. The third-order valence-electron chi connectivity index (χ3n) is 5.85. The fourth-order valence-corrected chi connectivity index (χ4v) is 4.36. The molecule has 1 atom stereocenters. The highest BCUT2D eigenvalue weighted by atomic mass is 16.2. The first-order chi connectivity index (χ1) is 12.8. The van der Waals surface area contributed by atoms with E-state index in [1.54, 1.807) is 0 Å². The molecule has 1 amide bonds. The molecule has 2 saturated heterocycles. The number of likely N-dealkylation sites (tertiary alicyclic amines) is 1. The normalized spacial score (nSPS) is 21.3. The third kappa shape index (κ3) is 3.83. The standard InChI is InChI=1S/C23H28N2O/c26-23-12-6-7-15-25(23)22-11-5-4-10-20(22)13-16-24-17-14-21(18-24)19-8-2-1-3-9-19/h1-5,8-11,21H,6-7,12-18H2. The minimum absolute atomic E-state index is 0.286. The van der Waals surface area contributed by atoms with E-state index < -0.39 is 0 Å². The largest absolute Gasteiger partial charge is 0.312 e. The first-order valence-electron chi connectivity index (χ1n) is 9.97. The summed E-state index contributed by atoms with van der Waals surface area (Å²) in [4.78, 5) is 16.9. The van der Waals surface area contributed by atoms with Crippen molar-refractivity contribution in [2.75, 3.05) is 31.1 Å². The summed E-state index contributed by atoms with van der Waals surface area (Å²) in [6.07, 6.45) is 5.11. The Kier molecular flexibility index (Phi) is 5.35. The van der Waals surface area contributed by atoms with Gasteiger partial charge in [0, 0.05) is 31.7 Å². The van der Waals surface area contributed by atoms with Crippen LogP contribution in [0.4, 0.5) is 5.69 Å². The van der Waals surface area contributed by atoms with E-state index in [-0.39, 0.29) is 5.91 Å². The van der Waals surface area contributed by atoms with Gasteiger partial charge in [-0.05, 0) is 55.3 Å². The second-order valence-corrected chi connectivity index (χ2v) is 7.58. The fourth-order valence-electron chi connectivity index (χ4n) is 4.36. The highest BCUT2D eigenvalue weighted by Gasteiger charge is 2.25. The molecule has 3 nitrogen and oxygen atoms in total. The maximum Gasteiger partial charge on any atom is 0.226 e.